The van der Waals surface area contributed by atoms with E-state index < -0.39 is 11.9 Å². The number of aromatic nitrogens is 1. The fourth-order valence-corrected chi connectivity index (χ4v) is 1.77. The minimum Gasteiger partial charge on any atom is -0.468 e. The average molecular weight is 252 g/mol. The van der Waals surface area contributed by atoms with Crippen LogP contribution < -0.4 is 0 Å². The van der Waals surface area contributed by atoms with Gasteiger partial charge in [0.25, 0.3) is 0 Å². The lowest BCUT2D eigenvalue weighted by Crippen LogP contribution is -2.38. The Labute approximate surface area is 107 Å². The molecule has 0 saturated carbocycles. The summed E-state index contributed by atoms with van der Waals surface area (Å²) in [7, 11) is 3.01. The fraction of sp³-hybridized carbons (Fsp3) is 0.538. The van der Waals surface area contributed by atoms with Gasteiger partial charge in [-0.25, -0.2) is 0 Å². The zero-order chi connectivity index (χ0) is 13.5. The third-order valence-electron chi connectivity index (χ3n) is 2.95. The molecule has 1 N–H and O–H groups in total. The number of amides is 1. The minimum atomic E-state index is -0.691. The number of rotatable bonds is 6. The highest BCUT2D eigenvalue weighted by Gasteiger charge is 2.28. The van der Waals surface area contributed by atoms with Crippen LogP contribution in [0.3, 0.4) is 0 Å². The molecule has 18 heavy (non-hydrogen) atoms. The molecule has 0 spiro atoms. The van der Waals surface area contributed by atoms with Gasteiger partial charge < -0.3 is 14.6 Å². The van der Waals surface area contributed by atoms with Crippen LogP contribution in [0.5, 0.6) is 0 Å². The molecule has 0 aromatic carbocycles. The zero-order valence-electron chi connectivity index (χ0n) is 11.1. The molecule has 5 nitrogen and oxygen atoms in total. The monoisotopic (exact) mass is 252 g/mol. The number of hydrogen-bond acceptors (Lipinski definition) is 3. The second kappa shape index (κ2) is 6.83. The van der Waals surface area contributed by atoms with Crippen LogP contribution in [-0.4, -0.2) is 42.5 Å². The van der Waals surface area contributed by atoms with Crippen molar-refractivity contribution in [1.29, 1.82) is 0 Å². The number of hydrogen-bond donors (Lipinski definition) is 1. The maximum Gasteiger partial charge on any atom is 0.318 e. The van der Waals surface area contributed by atoms with E-state index in [1.165, 1.54) is 7.11 Å². The summed E-state index contributed by atoms with van der Waals surface area (Å²) in [6.45, 7) is 2.38. The van der Waals surface area contributed by atoms with Crippen LogP contribution in [0.25, 0.3) is 0 Å². The number of aromatic amines is 1. The van der Waals surface area contributed by atoms with Gasteiger partial charge >= 0.3 is 5.97 Å². The molecule has 1 aromatic rings. The van der Waals surface area contributed by atoms with Gasteiger partial charge in [-0.15, -0.1) is 0 Å². The van der Waals surface area contributed by atoms with E-state index in [9.17, 15) is 9.59 Å². The molecule has 5 heteroatoms. The largest absolute Gasteiger partial charge is 0.468 e. The summed E-state index contributed by atoms with van der Waals surface area (Å²) in [6.07, 6.45) is 3.05. The summed E-state index contributed by atoms with van der Waals surface area (Å²) in [5.74, 6) is -1.34. The Kier molecular flexibility index (Phi) is 5.42. The van der Waals surface area contributed by atoms with Crippen molar-refractivity contribution in [3.8, 4) is 0 Å². The van der Waals surface area contributed by atoms with E-state index >= 15 is 0 Å². The molecule has 100 valence electrons. The Morgan fingerprint density at radius 1 is 1.50 bits per heavy atom. The number of carbonyl (C=O) groups is 2. The smallest absolute Gasteiger partial charge is 0.318 e. The van der Waals surface area contributed by atoms with Crippen LogP contribution >= 0.6 is 0 Å². The Bertz CT molecular complexity index is 387. The predicted molar refractivity (Wildman–Crippen MR) is 67.9 cm³/mol. The number of methoxy groups -OCH3 is 1. The molecule has 0 saturated heterocycles. The molecule has 0 radical (unpaired) electrons. The second-order valence-corrected chi connectivity index (χ2v) is 4.19. The standard InChI is InChI=1S/C13H20N2O3/c1-4-11(13(17)18-3)12(16)15(2)9-7-10-6-5-8-14-10/h5-6,8,11,14H,4,7,9H2,1-3H3. The molecular weight excluding hydrogens is 232 g/mol. The van der Waals surface area contributed by atoms with E-state index in [0.29, 0.717) is 13.0 Å². The second-order valence-electron chi connectivity index (χ2n) is 4.19. The van der Waals surface area contributed by atoms with E-state index in [-0.39, 0.29) is 5.91 Å². The van der Waals surface area contributed by atoms with Crippen molar-refractivity contribution < 1.29 is 14.3 Å². The number of likely N-dealkylation sites (N-methyl/N-ethyl adjacent to an activating group) is 1. The first-order valence-corrected chi connectivity index (χ1v) is 6.05. The van der Waals surface area contributed by atoms with E-state index in [2.05, 4.69) is 9.72 Å². The van der Waals surface area contributed by atoms with E-state index in [1.807, 2.05) is 18.3 Å². The van der Waals surface area contributed by atoms with Gasteiger partial charge in [-0.2, -0.15) is 0 Å². The third-order valence-corrected chi connectivity index (χ3v) is 2.95. The topological polar surface area (TPSA) is 62.4 Å². The number of ether oxygens (including phenoxy) is 1. The van der Waals surface area contributed by atoms with Crippen molar-refractivity contribution >= 4 is 11.9 Å². The Morgan fingerprint density at radius 3 is 2.72 bits per heavy atom. The minimum absolute atomic E-state index is 0.184. The van der Waals surface area contributed by atoms with Crippen LogP contribution in [0, 0.1) is 5.92 Å². The summed E-state index contributed by atoms with van der Waals surface area (Å²) in [4.78, 5) is 28.1. The summed E-state index contributed by atoms with van der Waals surface area (Å²) >= 11 is 0. The van der Waals surface area contributed by atoms with E-state index in [1.54, 1.807) is 18.9 Å². The van der Waals surface area contributed by atoms with E-state index in [4.69, 9.17) is 0 Å². The molecule has 1 atom stereocenters. The van der Waals surface area contributed by atoms with Gasteiger partial charge in [0.2, 0.25) is 5.91 Å². The van der Waals surface area contributed by atoms with Gasteiger partial charge in [0.05, 0.1) is 7.11 Å². The maximum absolute atomic E-state index is 12.0. The van der Waals surface area contributed by atoms with Gasteiger partial charge in [0.1, 0.15) is 5.92 Å². The Hall–Kier alpha value is -1.78. The van der Waals surface area contributed by atoms with Gasteiger partial charge in [-0.05, 0) is 18.6 Å². The van der Waals surface area contributed by atoms with Gasteiger partial charge in [-0.3, -0.25) is 9.59 Å². The maximum atomic E-state index is 12.0. The number of nitrogens with one attached hydrogen (secondary N) is 1. The van der Waals surface area contributed by atoms with Crippen LogP contribution in [0.1, 0.15) is 19.0 Å². The van der Waals surface area contributed by atoms with Crippen molar-refractivity contribution in [3.05, 3.63) is 24.0 Å². The lowest BCUT2D eigenvalue weighted by Gasteiger charge is -2.21. The SMILES string of the molecule is CCC(C(=O)OC)C(=O)N(C)CCc1ccc[nH]1. The van der Waals surface area contributed by atoms with E-state index in [0.717, 1.165) is 12.1 Å². The molecule has 1 heterocycles. The first kappa shape index (κ1) is 14.3. The summed E-state index contributed by atoms with van der Waals surface area (Å²) in [5, 5.41) is 0. The quantitative estimate of drug-likeness (QED) is 0.611. The number of esters is 1. The molecule has 0 aliphatic heterocycles. The number of carbonyl (C=O) groups excluding carboxylic acids is 2. The van der Waals surface area contributed by atoms with Crippen molar-refractivity contribution in [3.63, 3.8) is 0 Å². The average Bonchev–Trinajstić information content (AvgIpc) is 2.89. The molecule has 1 unspecified atom stereocenters. The molecule has 0 bridgehead atoms. The summed E-state index contributed by atoms with van der Waals surface area (Å²) in [5.41, 5.74) is 1.07. The Balaban J connectivity index is 2.51. The molecule has 1 rings (SSSR count). The number of H-pyrrole nitrogens is 1. The van der Waals surface area contributed by atoms with Crippen molar-refractivity contribution in [2.75, 3.05) is 20.7 Å². The van der Waals surface area contributed by atoms with Crippen LogP contribution in [0.4, 0.5) is 0 Å². The molecule has 0 fully saturated rings. The molecular formula is C13H20N2O3. The zero-order valence-corrected chi connectivity index (χ0v) is 11.1. The first-order valence-electron chi connectivity index (χ1n) is 6.05. The van der Waals surface area contributed by atoms with Crippen LogP contribution in [-0.2, 0) is 20.7 Å². The Morgan fingerprint density at radius 2 is 2.22 bits per heavy atom. The van der Waals surface area contributed by atoms with Gasteiger partial charge in [-0.1, -0.05) is 6.92 Å². The first-order chi connectivity index (χ1) is 8.60. The fourth-order valence-electron chi connectivity index (χ4n) is 1.77. The van der Waals surface area contributed by atoms with Crippen LogP contribution in [0.2, 0.25) is 0 Å². The molecule has 1 aromatic heterocycles. The highest BCUT2D eigenvalue weighted by molar-refractivity contribution is 5.97. The third kappa shape index (κ3) is 3.61. The lowest BCUT2D eigenvalue weighted by molar-refractivity contribution is -0.153. The highest BCUT2D eigenvalue weighted by atomic mass is 16.5. The lowest BCUT2D eigenvalue weighted by atomic mass is 10.1. The predicted octanol–water partition coefficient (Wildman–Crippen LogP) is 1.21. The summed E-state index contributed by atoms with van der Waals surface area (Å²) in [6, 6.07) is 3.89. The van der Waals surface area contributed by atoms with Crippen molar-refractivity contribution in [1.82, 2.24) is 9.88 Å². The van der Waals surface area contributed by atoms with Gasteiger partial charge in [0, 0.05) is 31.9 Å². The van der Waals surface area contributed by atoms with Gasteiger partial charge in [0.15, 0.2) is 0 Å². The molecule has 0 aliphatic rings. The summed E-state index contributed by atoms with van der Waals surface area (Å²) < 4.78 is 4.63. The van der Waals surface area contributed by atoms with Crippen molar-refractivity contribution in [2.24, 2.45) is 5.92 Å². The normalized spacial score (nSPS) is 11.9. The molecule has 0 aliphatic carbocycles. The number of nitrogens with zero attached hydrogens (tertiary/aromatic N) is 1. The van der Waals surface area contributed by atoms with Crippen molar-refractivity contribution in [2.45, 2.75) is 19.8 Å². The highest BCUT2D eigenvalue weighted by Crippen LogP contribution is 2.09. The van der Waals surface area contributed by atoms with Crippen LogP contribution in [0.15, 0.2) is 18.3 Å². The molecule has 1 amide bonds.